The van der Waals surface area contributed by atoms with Gasteiger partial charge in [-0.2, -0.15) is 0 Å². The van der Waals surface area contributed by atoms with Gasteiger partial charge in [0.25, 0.3) is 0 Å². The number of Topliss-reactive ketones (excluding diaryl/α,β-unsaturated/α-hetero) is 1. The molecule has 0 spiro atoms. The Balaban J connectivity index is 2.22. The maximum Gasteiger partial charge on any atom is 0.313 e. The molecule has 0 N–H and O–H groups in total. The summed E-state index contributed by atoms with van der Waals surface area (Å²) in [4.78, 5) is 21.5. The Bertz CT molecular complexity index is 198. The fraction of sp³-hybridized carbons (Fsp3) is 0.778. The molecule has 0 aromatic rings. The molecule has 1 rings (SSSR count). The fourth-order valence-electron chi connectivity index (χ4n) is 1.22. The first kappa shape index (κ1) is 9.23. The van der Waals surface area contributed by atoms with E-state index in [4.69, 9.17) is 4.74 Å². The molecule has 1 saturated carbocycles. The molecular weight excluding hydrogens is 156 g/mol. The summed E-state index contributed by atoms with van der Waals surface area (Å²) < 4.78 is 5.05. The highest BCUT2D eigenvalue weighted by atomic mass is 16.5. The zero-order valence-electron chi connectivity index (χ0n) is 7.50. The van der Waals surface area contributed by atoms with E-state index in [1.54, 1.807) is 0 Å². The first-order chi connectivity index (χ1) is 5.59. The van der Waals surface area contributed by atoms with Crippen molar-refractivity contribution in [1.29, 1.82) is 0 Å². The largest absolute Gasteiger partial charge is 0.462 e. The van der Waals surface area contributed by atoms with Crippen LogP contribution in [-0.4, -0.2) is 17.9 Å². The van der Waals surface area contributed by atoms with E-state index in [1.807, 2.05) is 0 Å². The predicted octanol–water partition coefficient (Wildman–Crippen LogP) is 1.31. The average molecular weight is 170 g/mol. The van der Waals surface area contributed by atoms with Crippen LogP contribution in [0.2, 0.25) is 0 Å². The van der Waals surface area contributed by atoms with Crippen LogP contribution in [0.5, 0.6) is 0 Å². The quantitative estimate of drug-likeness (QED) is 0.473. The van der Waals surface area contributed by atoms with E-state index in [2.05, 4.69) is 6.92 Å². The van der Waals surface area contributed by atoms with Crippen LogP contribution < -0.4 is 0 Å². The van der Waals surface area contributed by atoms with Crippen molar-refractivity contribution < 1.29 is 14.3 Å². The van der Waals surface area contributed by atoms with Crippen molar-refractivity contribution >= 4 is 11.8 Å². The van der Waals surface area contributed by atoms with Crippen molar-refractivity contribution in [3.05, 3.63) is 0 Å². The lowest BCUT2D eigenvalue weighted by Gasteiger charge is -2.32. The number of carbonyl (C=O) groups is 2. The minimum absolute atomic E-state index is 0.0665. The summed E-state index contributed by atoms with van der Waals surface area (Å²) >= 11 is 0. The molecular formula is C9H14O3. The molecule has 0 bridgehead atoms. The smallest absolute Gasteiger partial charge is 0.313 e. The normalized spacial score (nSPS) is 27.5. The van der Waals surface area contributed by atoms with E-state index in [0.29, 0.717) is 5.92 Å². The number of hydrogen-bond donors (Lipinski definition) is 0. The Morgan fingerprint density at radius 3 is 2.42 bits per heavy atom. The van der Waals surface area contributed by atoms with Crippen LogP contribution in [0.4, 0.5) is 0 Å². The van der Waals surface area contributed by atoms with E-state index in [9.17, 15) is 9.59 Å². The highest BCUT2D eigenvalue weighted by Crippen LogP contribution is 2.29. The summed E-state index contributed by atoms with van der Waals surface area (Å²) in [6, 6.07) is 0. The minimum Gasteiger partial charge on any atom is -0.462 e. The second-order valence-electron chi connectivity index (χ2n) is 3.46. The van der Waals surface area contributed by atoms with E-state index >= 15 is 0 Å². The highest BCUT2D eigenvalue weighted by Gasteiger charge is 2.30. The van der Waals surface area contributed by atoms with Crippen LogP contribution in [0.15, 0.2) is 0 Å². The number of hydrogen-bond acceptors (Lipinski definition) is 3. The van der Waals surface area contributed by atoms with Crippen LogP contribution in [0.1, 0.15) is 33.1 Å². The van der Waals surface area contributed by atoms with Gasteiger partial charge in [0.05, 0.1) is 0 Å². The SMILES string of the molecule is CC(=O)CC(=O)OC1CCC1C. The molecule has 2 unspecified atom stereocenters. The molecule has 1 aliphatic carbocycles. The molecule has 0 aliphatic heterocycles. The van der Waals surface area contributed by atoms with Gasteiger partial charge in [-0.3, -0.25) is 9.59 Å². The number of ketones is 1. The molecule has 0 amide bonds. The lowest BCUT2D eigenvalue weighted by molar-refractivity contribution is -0.158. The van der Waals surface area contributed by atoms with E-state index in [0.717, 1.165) is 12.8 Å². The Kier molecular flexibility index (Phi) is 2.84. The second kappa shape index (κ2) is 3.70. The lowest BCUT2D eigenvalue weighted by Crippen LogP contribution is -2.34. The van der Waals surface area contributed by atoms with Crippen LogP contribution in [0.3, 0.4) is 0 Å². The van der Waals surface area contributed by atoms with Crippen molar-refractivity contribution in [2.24, 2.45) is 5.92 Å². The summed E-state index contributed by atoms with van der Waals surface area (Å²) in [5.74, 6) is -0.0352. The summed E-state index contributed by atoms with van der Waals surface area (Å²) in [6.45, 7) is 3.45. The zero-order valence-corrected chi connectivity index (χ0v) is 7.50. The topological polar surface area (TPSA) is 43.4 Å². The molecule has 0 heterocycles. The van der Waals surface area contributed by atoms with E-state index in [1.165, 1.54) is 6.92 Å². The van der Waals surface area contributed by atoms with Crippen LogP contribution >= 0.6 is 0 Å². The Hall–Kier alpha value is -0.860. The monoisotopic (exact) mass is 170 g/mol. The van der Waals surface area contributed by atoms with E-state index < -0.39 is 0 Å². The van der Waals surface area contributed by atoms with Gasteiger partial charge < -0.3 is 4.74 Å². The Morgan fingerprint density at radius 2 is 2.08 bits per heavy atom. The molecule has 68 valence electrons. The molecule has 2 atom stereocenters. The van der Waals surface area contributed by atoms with Crippen LogP contribution in [0.25, 0.3) is 0 Å². The van der Waals surface area contributed by atoms with Crippen molar-refractivity contribution in [2.75, 3.05) is 0 Å². The van der Waals surface area contributed by atoms with Gasteiger partial charge >= 0.3 is 5.97 Å². The van der Waals surface area contributed by atoms with Crippen LogP contribution in [0, 0.1) is 5.92 Å². The molecule has 0 aromatic heterocycles. The Labute approximate surface area is 72.1 Å². The van der Waals surface area contributed by atoms with Crippen molar-refractivity contribution in [3.8, 4) is 0 Å². The molecule has 0 saturated heterocycles. The van der Waals surface area contributed by atoms with Gasteiger partial charge in [-0.15, -0.1) is 0 Å². The maximum absolute atomic E-state index is 11.0. The zero-order chi connectivity index (χ0) is 9.14. The molecule has 1 aliphatic rings. The molecule has 3 nitrogen and oxygen atoms in total. The second-order valence-corrected chi connectivity index (χ2v) is 3.46. The van der Waals surface area contributed by atoms with Gasteiger partial charge in [0.2, 0.25) is 0 Å². The summed E-state index contributed by atoms with van der Waals surface area (Å²) in [7, 11) is 0. The number of rotatable bonds is 3. The molecule has 0 aromatic carbocycles. The van der Waals surface area contributed by atoms with Gasteiger partial charge in [0.15, 0.2) is 0 Å². The standard InChI is InChI=1S/C9H14O3/c1-6-3-4-8(6)12-9(11)5-7(2)10/h6,8H,3-5H2,1-2H3. The van der Waals surface area contributed by atoms with Gasteiger partial charge in [-0.1, -0.05) is 6.92 Å². The van der Waals surface area contributed by atoms with Gasteiger partial charge in [-0.05, 0) is 25.7 Å². The van der Waals surface area contributed by atoms with Gasteiger partial charge in [-0.25, -0.2) is 0 Å². The van der Waals surface area contributed by atoms with Crippen molar-refractivity contribution in [3.63, 3.8) is 0 Å². The average Bonchev–Trinajstić information content (AvgIpc) is 1.96. The summed E-state index contributed by atoms with van der Waals surface area (Å²) in [5.41, 5.74) is 0. The molecule has 3 heteroatoms. The lowest BCUT2D eigenvalue weighted by atomic mass is 9.83. The summed E-state index contributed by atoms with van der Waals surface area (Å²) in [5, 5.41) is 0. The fourth-order valence-corrected chi connectivity index (χ4v) is 1.22. The molecule has 0 radical (unpaired) electrons. The van der Waals surface area contributed by atoms with Crippen LogP contribution in [-0.2, 0) is 14.3 Å². The minimum atomic E-state index is -0.376. The third-order valence-corrected chi connectivity index (χ3v) is 2.22. The number of ether oxygens (including phenoxy) is 1. The van der Waals surface area contributed by atoms with Crippen molar-refractivity contribution in [2.45, 2.75) is 39.2 Å². The van der Waals surface area contributed by atoms with E-state index in [-0.39, 0.29) is 24.3 Å². The highest BCUT2D eigenvalue weighted by molar-refractivity contribution is 5.94. The maximum atomic E-state index is 11.0. The Morgan fingerprint density at radius 1 is 1.42 bits per heavy atom. The molecule has 12 heavy (non-hydrogen) atoms. The number of esters is 1. The first-order valence-electron chi connectivity index (χ1n) is 4.28. The molecule has 1 fully saturated rings. The predicted molar refractivity (Wildman–Crippen MR) is 43.6 cm³/mol. The van der Waals surface area contributed by atoms with Gasteiger partial charge in [0.1, 0.15) is 18.3 Å². The van der Waals surface area contributed by atoms with Crippen molar-refractivity contribution in [1.82, 2.24) is 0 Å². The van der Waals surface area contributed by atoms with Gasteiger partial charge in [0, 0.05) is 0 Å². The first-order valence-corrected chi connectivity index (χ1v) is 4.28. The third-order valence-electron chi connectivity index (χ3n) is 2.22. The third kappa shape index (κ3) is 2.32. The summed E-state index contributed by atoms with van der Waals surface area (Å²) in [6.07, 6.45) is 2.06. The number of carbonyl (C=O) groups excluding carboxylic acids is 2.